The van der Waals surface area contributed by atoms with E-state index in [1.54, 1.807) is 0 Å². The number of carbonyl (C=O) groups excluding carboxylic acids is 2. The second kappa shape index (κ2) is 18.9. The lowest BCUT2D eigenvalue weighted by Crippen LogP contribution is -2.40. The Balaban J connectivity index is 0.000000221. The van der Waals surface area contributed by atoms with Crippen molar-refractivity contribution in [3.63, 3.8) is 0 Å². The van der Waals surface area contributed by atoms with Crippen LogP contribution in [-0.2, 0) is 16.1 Å². The van der Waals surface area contributed by atoms with Crippen LogP contribution in [0.1, 0.15) is 60.8 Å². The van der Waals surface area contributed by atoms with E-state index >= 15 is 0 Å². The highest BCUT2D eigenvalue weighted by Crippen LogP contribution is 2.25. The van der Waals surface area contributed by atoms with E-state index in [-0.39, 0.29) is 24.9 Å². The number of likely N-dealkylation sites (tertiary alicyclic amines) is 1. The molecular formula is C32H48F2N6O2. The number of benzene rings is 2. The minimum atomic E-state index is -2.64. The number of nitrogens with one attached hydrogen (secondary N) is 5. The van der Waals surface area contributed by atoms with Gasteiger partial charge in [-0.1, -0.05) is 47.9 Å². The smallest absolute Gasteiger partial charge is 0.267 e. The largest absolute Gasteiger partial charge is 0.388 e. The maximum absolute atomic E-state index is 12.2. The zero-order valence-electron chi connectivity index (χ0n) is 25.3. The van der Waals surface area contributed by atoms with Crippen LogP contribution in [0.3, 0.4) is 0 Å². The molecule has 10 heteroatoms. The van der Waals surface area contributed by atoms with Crippen LogP contribution in [-0.4, -0.2) is 75.2 Å². The second-order valence-corrected chi connectivity index (χ2v) is 10.8. The molecule has 8 nitrogen and oxygen atoms in total. The zero-order valence-corrected chi connectivity index (χ0v) is 25.3. The summed E-state index contributed by atoms with van der Waals surface area (Å²) in [5.74, 6) is -2.58. The molecule has 232 valence electrons. The molecule has 2 aromatic carbocycles. The topological polar surface area (TPSA) is 109 Å². The highest BCUT2D eigenvalue weighted by molar-refractivity contribution is 5.86. The van der Waals surface area contributed by atoms with Crippen LogP contribution < -0.4 is 21.3 Å². The van der Waals surface area contributed by atoms with Crippen molar-refractivity contribution < 1.29 is 18.4 Å². The van der Waals surface area contributed by atoms with Crippen molar-refractivity contribution in [2.45, 2.75) is 70.9 Å². The van der Waals surface area contributed by atoms with Crippen molar-refractivity contribution in [1.29, 1.82) is 5.41 Å². The van der Waals surface area contributed by atoms with Gasteiger partial charge in [-0.25, -0.2) is 8.78 Å². The van der Waals surface area contributed by atoms with E-state index in [0.717, 1.165) is 41.1 Å². The average Bonchev–Trinajstić information content (AvgIpc) is 3.69. The molecule has 42 heavy (non-hydrogen) atoms. The Hall–Kier alpha value is -3.37. The van der Waals surface area contributed by atoms with E-state index in [2.05, 4.69) is 59.4 Å². The first-order valence-electron chi connectivity index (χ1n) is 14.8. The van der Waals surface area contributed by atoms with Gasteiger partial charge in [0.2, 0.25) is 12.3 Å². The van der Waals surface area contributed by atoms with E-state index in [1.807, 2.05) is 25.2 Å². The Morgan fingerprint density at radius 2 is 1.71 bits per heavy atom. The number of anilines is 1. The van der Waals surface area contributed by atoms with E-state index in [1.165, 1.54) is 49.7 Å². The van der Waals surface area contributed by atoms with Crippen LogP contribution in [0.5, 0.6) is 0 Å². The van der Waals surface area contributed by atoms with Crippen LogP contribution in [0, 0.1) is 19.3 Å². The van der Waals surface area contributed by atoms with Gasteiger partial charge in [-0.15, -0.1) is 0 Å². The summed E-state index contributed by atoms with van der Waals surface area (Å²) in [5.41, 5.74) is 5.41. The van der Waals surface area contributed by atoms with Gasteiger partial charge in [0, 0.05) is 44.0 Å². The average molecular weight is 587 g/mol. The Morgan fingerprint density at radius 3 is 2.12 bits per heavy atom. The molecule has 3 heterocycles. The number of hydrogen-bond acceptors (Lipinski definition) is 6. The molecule has 5 N–H and O–H groups in total. The molecule has 3 saturated heterocycles. The fraction of sp³-hybridized carbons (Fsp3) is 0.531. The number of nitrogens with zero attached hydrogens (tertiary/aromatic N) is 1. The predicted octanol–water partition coefficient (Wildman–Crippen LogP) is 4.64. The van der Waals surface area contributed by atoms with Gasteiger partial charge in [-0.2, -0.15) is 0 Å². The highest BCUT2D eigenvalue weighted by Gasteiger charge is 2.37. The van der Waals surface area contributed by atoms with Gasteiger partial charge in [-0.05, 0) is 76.9 Å². The predicted molar refractivity (Wildman–Crippen MR) is 167 cm³/mol. The van der Waals surface area contributed by atoms with E-state index in [9.17, 15) is 18.4 Å². The van der Waals surface area contributed by atoms with Gasteiger partial charge in [0.05, 0.1) is 12.6 Å². The van der Waals surface area contributed by atoms with Crippen molar-refractivity contribution in [2.24, 2.45) is 0 Å². The summed E-state index contributed by atoms with van der Waals surface area (Å²) in [6.45, 7) is 7.90. The van der Waals surface area contributed by atoms with Crippen molar-refractivity contribution in [3.05, 3.63) is 64.7 Å². The van der Waals surface area contributed by atoms with Crippen molar-refractivity contribution in [2.75, 3.05) is 45.1 Å². The van der Waals surface area contributed by atoms with Gasteiger partial charge in [-0.3, -0.25) is 9.59 Å². The first kappa shape index (κ1) is 34.8. The number of aryl methyl sites for hydroxylation is 2. The maximum atomic E-state index is 12.2. The maximum Gasteiger partial charge on any atom is 0.267 e. The lowest BCUT2D eigenvalue weighted by atomic mass is 10.1. The molecule has 1 atom stereocenters. The third kappa shape index (κ3) is 13.5. The number of piperidine rings is 1. The monoisotopic (exact) mass is 586 g/mol. The molecule has 0 spiro atoms. The first-order valence-corrected chi connectivity index (χ1v) is 14.8. The lowest BCUT2D eigenvalue weighted by Gasteiger charge is -2.12. The van der Waals surface area contributed by atoms with Crippen LogP contribution in [0.15, 0.2) is 42.5 Å². The minimum absolute atomic E-state index is 0.0428. The van der Waals surface area contributed by atoms with Gasteiger partial charge in [0.15, 0.2) is 0 Å². The molecule has 2 amide bonds. The molecule has 0 bridgehead atoms. The number of rotatable bonds is 6. The Morgan fingerprint density at radius 1 is 1.05 bits per heavy atom. The number of carbonyl (C=O) groups is 2. The molecule has 2 aromatic rings. The minimum Gasteiger partial charge on any atom is -0.388 e. The van der Waals surface area contributed by atoms with Crippen LogP contribution in [0.2, 0.25) is 0 Å². The third-order valence-corrected chi connectivity index (χ3v) is 7.16. The van der Waals surface area contributed by atoms with Gasteiger partial charge in [0.1, 0.15) is 0 Å². The lowest BCUT2D eigenvalue weighted by molar-refractivity contribution is -0.123. The molecule has 3 aliphatic rings. The van der Waals surface area contributed by atoms with Crippen molar-refractivity contribution >= 4 is 24.2 Å². The Labute approximate surface area is 249 Å². The van der Waals surface area contributed by atoms with Gasteiger partial charge < -0.3 is 31.6 Å². The number of alkyl halides is 2. The normalized spacial score (nSPS) is 18.6. The highest BCUT2D eigenvalue weighted by atomic mass is 19.3. The standard InChI is InChI=1S/C14H20N4O.C8H10.C5H7F2NO.C5H11N/c1-16-12-5-4-10(7-11(12)8-15)9-18-14(19)13-3-2-6-17-13;1-7-3-5-8(2)6-4-7;6-5(7)1-2-8(3-5)4-9;1-2-4-6-5-3-1/h4-5,7-8,13,15-17H,2-3,6,9H2,1H3,(H,18,19);3-6H,1-2H3;4H,1-3H2;6H,1-5H2. The van der Waals surface area contributed by atoms with Crippen molar-refractivity contribution in [3.8, 4) is 0 Å². The van der Waals surface area contributed by atoms with Crippen LogP contribution >= 0.6 is 0 Å². The summed E-state index contributed by atoms with van der Waals surface area (Å²) in [5, 5.41) is 19.8. The zero-order chi connectivity index (χ0) is 30.8. The molecule has 0 aliphatic carbocycles. The van der Waals surface area contributed by atoms with E-state index in [0.29, 0.717) is 13.0 Å². The van der Waals surface area contributed by atoms with Crippen LogP contribution in [0.4, 0.5) is 14.5 Å². The first-order chi connectivity index (χ1) is 20.2. The van der Waals surface area contributed by atoms with Crippen LogP contribution in [0.25, 0.3) is 0 Å². The van der Waals surface area contributed by atoms with Gasteiger partial charge in [0.25, 0.3) is 5.92 Å². The second-order valence-electron chi connectivity index (χ2n) is 10.8. The quantitative estimate of drug-likeness (QED) is 0.250. The fourth-order valence-corrected chi connectivity index (χ4v) is 4.58. The molecule has 3 aliphatic heterocycles. The molecule has 0 radical (unpaired) electrons. The molecule has 3 fully saturated rings. The third-order valence-electron chi connectivity index (χ3n) is 7.16. The molecule has 0 aromatic heterocycles. The SMILES string of the molecule is C1CCNCC1.CNc1ccc(CNC(=O)C2CCCN2)cc1C=N.Cc1ccc(C)cc1.O=CN1CCC(F)(F)C1. The number of halogens is 2. The Bertz CT molecular complexity index is 1050. The van der Waals surface area contributed by atoms with E-state index in [4.69, 9.17) is 5.41 Å². The summed E-state index contributed by atoms with van der Waals surface area (Å²) in [6, 6.07) is 14.2. The molecule has 0 saturated carbocycles. The number of hydrogen-bond donors (Lipinski definition) is 5. The fourth-order valence-electron chi connectivity index (χ4n) is 4.58. The molecule has 1 unspecified atom stereocenters. The molecular weight excluding hydrogens is 538 g/mol. The summed E-state index contributed by atoms with van der Waals surface area (Å²) < 4.78 is 24.4. The van der Waals surface area contributed by atoms with Gasteiger partial charge >= 0.3 is 0 Å². The van der Waals surface area contributed by atoms with Crippen molar-refractivity contribution in [1.82, 2.24) is 20.9 Å². The van der Waals surface area contributed by atoms with E-state index < -0.39 is 12.5 Å². The Kier molecular flexibility index (Phi) is 15.7. The number of amides is 2. The molecule has 5 rings (SSSR count). The summed E-state index contributed by atoms with van der Waals surface area (Å²) in [4.78, 5) is 22.8. The summed E-state index contributed by atoms with van der Waals surface area (Å²) >= 11 is 0. The summed E-state index contributed by atoms with van der Waals surface area (Å²) in [7, 11) is 1.83. The summed E-state index contributed by atoms with van der Waals surface area (Å²) in [6.07, 6.45) is 7.78.